The van der Waals surface area contributed by atoms with E-state index in [0.717, 1.165) is 10.6 Å². The summed E-state index contributed by atoms with van der Waals surface area (Å²) in [6.45, 7) is 3.36. The number of benzene rings is 3. The molecule has 1 amide bonds. The van der Waals surface area contributed by atoms with Crippen LogP contribution < -0.4 is 14.4 Å². The minimum Gasteiger partial charge on any atom is -0.492 e. The average Bonchev–Trinajstić information content (AvgIpc) is 2.83. The van der Waals surface area contributed by atoms with Crippen LogP contribution in [0.4, 0.5) is 5.69 Å². The fourth-order valence-corrected chi connectivity index (χ4v) is 5.55. The molecule has 0 aromatic heterocycles. The molecular formula is C25H28N2O6S2. The molecule has 1 atom stereocenters. The van der Waals surface area contributed by atoms with E-state index in [0.29, 0.717) is 17.9 Å². The van der Waals surface area contributed by atoms with Crippen LogP contribution in [0.25, 0.3) is 0 Å². The standard InChI is InChI=1S/C25H28N2O6S2/c1-4-33-24-13-9-8-12-23(24)27(35(31,32)22-10-6-5-7-11-22)18-25(28)26-19(2)20-14-16-21(17-15-20)34(3,29)30/h5-17,19H,4,18H2,1-3H3,(H,26,28)/t19-/m0/s1. The zero-order valence-electron chi connectivity index (χ0n) is 19.7. The Morgan fingerprint density at radius 3 is 2.09 bits per heavy atom. The maximum atomic E-state index is 13.5. The number of carbonyl (C=O) groups is 1. The van der Waals surface area contributed by atoms with Crippen LogP contribution in [0.5, 0.6) is 5.75 Å². The normalized spacial score (nSPS) is 12.5. The first kappa shape index (κ1) is 26.2. The molecule has 0 bridgehead atoms. The number of anilines is 1. The lowest BCUT2D eigenvalue weighted by Gasteiger charge is -2.26. The molecule has 186 valence electrons. The Labute approximate surface area is 206 Å². The van der Waals surface area contributed by atoms with Gasteiger partial charge in [0.15, 0.2) is 9.84 Å². The van der Waals surface area contributed by atoms with Crippen LogP contribution >= 0.6 is 0 Å². The molecule has 3 aromatic carbocycles. The van der Waals surface area contributed by atoms with Crippen LogP contribution in [0.15, 0.2) is 88.7 Å². The summed E-state index contributed by atoms with van der Waals surface area (Å²) in [6, 6.07) is 20.2. The Balaban J connectivity index is 1.90. The Bertz CT molecular complexity index is 1370. The molecule has 3 aromatic rings. The number of hydrogen-bond acceptors (Lipinski definition) is 6. The van der Waals surface area contributed by atoms with Gasteiger partial charge in [-0.2, -0.15) is 0 Å². The van der Waals surface area contributed by atoms with Crippen molar-refractivity contribution in [2.75, 3.05) is 23.7 Å². The minimum atomic E-state index is -4.09. The molecule has 3 rings (SSSR count). The summed E-state index contributed by atoms with van der Waals surface area (Å²) in [6.07, 6.45) is 1.12. The van der Waals surface area contributed by atoms with Crippen molar-refractivity contribution in [3.8, 4) is 5.75 Å². The van der Waals surface area contributed by atoms with Gasteiger partial charge in [-0.25, -0.2) is 16.8 Å². The van der Waals surface area contributed by atoms with E-state index in [1.54, 1.807) is 68.4 Å². The number of nitrogens with one attached hydrogen (secondary N) is 1. The van der Waals surface area contributed by atoms with Gasteiger partial charge in [-0.3, -0.25) is 9.10 Å². The Morgan fingerprint density at radius 1 is 0.886 bits per heavy atom. The summed E-state index contributed by atoms with van der Waals surface area (Å²) in [5.41, 5.74) is 0.927. The highest BCUT2D eigenvalue weighted by Crippen LogP contribution is 2.32. The van der Waals surface area contributed by atoms with Crippen LogP contribution in [0.1, 0.15) is 25.5 Å². The van der Waals surface area contributed by atoms with Gasteiger partial charge in [0.1, 0.15) is 12.3 Å². The van der Waals surface area contributed by atoms with E-state index < -0.39 is 38.4 Å². The fraction of sp³-hybridized carbons (Fsp3) is 0.240. The Morgan fingerprint density at radius 2 is 1.49 bits per heavy atom. The average molecular weight is 517 g/mol. The van der Waals surface area contributed by atoms with Crippen molar-refractivity contribution < 1.29 is 26.4 Å². The highest BCUT2D eigenvalue weighted by molar-refractivity contribution is 7.93. The third kappa shape index (κ3) is 6.40. The number of sulfonamides is 1. The zero-order valence-corrected chi connectivity index (χ0v) is 21.3. The lowest BCUT2D eigenvalue weighted by atomic mass is 10.1. The predicted octanol–water partition coefficient (Wildman–Crippen LogP) is 3.56. The molecule has 10 heteroatoms. The summed E-state index contributed by atoms with van der Waals surface area (Å²) >= 11 is 0. The largest absolute Gasteiger partial charge is 0.492 e. The maximum Gasteiger partial charge on any atom is 0.264 e. The predicted molar refractivity (Wildman–Crippen MR) is 135 cm³/mol. The molecule has 0 saturated carbocycles. The third-order valence-electron chi connectivity index (χ3n) is 5.24. The second kappa shape index (κ2) is 10.9. The maximum absolute atomic E-state index is 13.5. The van der Waals surface area contributed by atoms with Gasteiger partial charge < -0.3 is 10.1 Å². The summed E-state index contributed by atoms with van der Waals surface area (Å²) in [4.78, 5) is 13.2. The van der Waals surface area contributed by atoms with Crippen molar-refractivity contribution in [3.63, 3.8) is 0 Å². The van der Waals surface area contributed by atoms with Crippen molar-refractivity contribution in [1.29, 1.82) is 0 Å². The quantitative estimate of drug-likeness (QED) is 0.441. The third-order valence-corrected chi connectivity index (χ3v) is 8.14. The lowest BCUT2D eigenvalue weighted by Crippen LogP contribution is -2.41. The first-order valence-electron chi connectivity index (χ1n) is 10.9. The van der Waals surface area contributed by atoms with Gasteiger partial charge in [-0.05, 0) is 55.8 Å². The molecule has 0 aliphatic heterocycles. The van der Waals surface area contributed by atoms with E-state index in [1.165, 1.54) is 24.3 Å². The van der Waals surface area contributed by atoms with Gasteiger partial charge in [0.25, 0.3) is 10.0 Å². The van der Waals surface area contributed by atoms with Gasteiger partial charge in [-0.15, -0.1) is 0 Å². The summed E-state index contributed by atoms with van der Waals surface area (Å²) < 4.78 is 57.1. The van der Waals surface area contributed by atoms with Crippen molar-refractivity contribution in [2.45, 2.75) is 29.7 Å². The van der Waals surface area contributed by atoms with Gasteiger partial charge in [0.2, 0.25) is 5.91 Å². The van der Waals surface area contributed by atoms with E-state index in [-0.39, 0.29) is 15.5 Å². The highest BCUT2D eigenvalue weighted by atomic mass is 32.2. The van der Waals surface area contributed by atoms with E-state index in [2.05, 4.69) is 5.32 Å². The van der Waals surface area contributed by atoms with Gasteiger partial charge >= 0.3 is 0 Å². The smallest absolute Gasteiger partial charge is 0.264 e. The Hall–Kier alpha value is -3.37. The molecule has 0 aliphatic carbocycles. The highest BCUT2D eigenvalue weighted by Gasteiger charge is 2.29. The summed E-state index contributed by atoms with van der Waals surface area (Å²) in [5.74, 6) is -0.192. The van der Waals surface area contributed by atoms with Crippen molar-refractivity contribution >= 4 is 31.5 Å². The molecule has 0 radical (unpaired) electrons. The van der Waals surface area contributed by atoms with E-state index >= 15 is 0 Å². The molecule has 0 heterocycles. The number of sulfone groups is 1. The lowest BCUT2D eigenvalue weighted by molar-refractivity contribution is -0.120. The number of amides is 1. The van der Waals surface area contributed by atoms with E-state index in [1.807, 2.05) is 0 Å². The van der Waals surface area contributed by atoms with Gasteiger partial charge in [-0.1, -0.05) is 42.5 Å². The number of rotatable bonds is 10. The summed E-state index contributed by atoms with van der Waals surface area (Å²) in [5, 5.41) is 2.79. The summed E-state index contributed by atoms with van der Waals surface area (Å²) in [7, 11) is -7.43. The molecule has 1 N–H and O–H groups in total. The fourth-order valence-electron chi connectivity index (χ4n) is 3.46. The molecule has 0 aliphatic rings. The number of nitrogens with zero attached hydrogens (tertiary/aromatic N) is 1. The Kier molecular flexibility index (Phi) is 8.18. The van der Waals surface area contributed by atoms with Gasteiger partial charge in [0.05, 0.1) is 28.1 Å². The molecule has 0 spiro atoms. The van der Waals surface area contributed by atoms with Crippen LogP contribution in [0.3, 0.4) is 0 Å². The molecule has 8 nitrogen and oxygen atoms in total. The van der Waals surface area contributed by atoms with E-state index in [9.17, 15) is 21.6 Å². The number of para-hydroxylation sites is 2. The number of hydrogen-bond donors (Lipinski definition) is 1. The van der Waals surface area contributed by atoms with Crippen LogP contribution in [0, 0.1) is 0 Å². The molecular weight excluding hydrogens is 488 g/mol. The zero-order chi connectivity index (χ0) is 25.6. The first-order chi connectivity index (χ1) is 16.5. The number of carbonyl (C=O) groups excluding carboxylic acids is 1. The second-order valence-corrected chi connectivity index (χ2v) is 11.7. The minimum absolute atomic E-state index is 0.0449. The van der Waals surface area contributed by atoms with Crippen LogP contribution in [-0.2, 0) is 24.7 Å². The molecule has 0 fully saturated rings. The van der Waals surface area contributed by atoms with Crippen LogP contribution in [-0.4, -0.2) is 42.2 Å². The van der Waals surface area contributed by atoms with Gasteiger partial charge in [0, 0.05) is 6.26 Å². The monoisotopic (exact) mass is 516 g/mol. The topological polar surface area (TPSA) is 110 Å². The molecule has 0 unspecified atom stereocenters. The van der Waals surface area contributed by atoms with Crippen molar-refractivity contribution in [3.05, 3.63) is 84.4 Å². The molecule has 0 saturated heterocycles. The molecule has 35 heavy (non-hydrogen) atoms. The van der Waals surface area contributed by atoms with Crippen molar-refractivity contribution in [1.82, 2.24) is 5.32 Å². The first-order valence-corrected chi connectivity index (χ1v) is 14.3. The van der Waals surface area contributed by atoms with Crippen molar-refractivity contribution in [2.24, 2.45) is 0 Å². The SMILES string of the molecule is CCOc1ccccc1N(CC(=O)N[C@@H](C)c1ccc(S(C)(=O)=O)cc1)S(=O)(=O)c1ccccc1. The van der Waals surface area contributed by atoms with E-state index in [4.69, 9.17) is 4.74 Å². The second-order valence-electron chi connectivity index (χ2n) is 7.86. The van der Waals surface area contributed by atoms with Crippen LogP contribution in [0.2, 0.25) is 0 Å². The number of ether oxygens (including phenoxy) is 1.